The molecule has 2 N–H and O–H groups in total. The topological polar surface area (TPSA) is 60.8 Å². The zero-order valence-electron chi connectivity index (χ0n) is 12.6. The van der Waals surface area contributed by atoms with Gasteiger partial charge in [0, 0.05) is 35.9 Å². The second-order valence-corrected chi connectivity index (χ2v) is 9.06. The SMILES string of the molecule is O=C(CCCCC1CCSS1)N1CCC(CO)(CO)CC1. The fourth-order valence-electron chi connectivity index (χ4n) is 2.97. The number of hydrogen-bond acceptors (Lipinski definition) is 5. The van der Waals surface area contributed by atoms with Crippen molar-refractivity contribution in [2.24, 2.45) is 5.41 Å². The van der Waals surface area contributed by atoms with E-state index in [2.05, 4.69) is 0 Å². The van der Waals surface area contributed by atoms with Gasteiger partial charge in [0.2, 0.25) is 5.91 Å². The Morgan fingerprint density at radius 2 is 1.90 bits per heavy atom. The second-order valence-electron chi connectivity index (χ2n) is 6.27. The van der Waals surface area contributed by atoms with Crippen LogP contribution in [-0.4, -0.2) is 58.3 Å². The standard InChI is InChI=1S/C15H27NO3S2/c17-11-15(12-18)6-8-16(9-7-15)14(19)4-2-1-3-13-5-10-20-21-13/h13,17-18H,1-12H2. The number of aliphatic hydroxyl groups excluding tert-OH is 2. The number of carbonyl (C=O) groups is 1. The van der Waals surface area contributed by atoms with Gasteiger partial charge in [0.1, 0.15) is 0 Å². The molecule has 1 atom stereocenters. The Morgan fingerprint density at radius 1 is 1.19 bits per heavy atom. The minimum atomic E-state index is -0.367. The summed E-state index contributed by atoms with van der Waals surface area (Å²) < 4.78 is 0. The van der Waals surface area contributed by atoms with Gasteiger partial charge in [-0.05, 0) is 32.1 Å². The predicted molar refractivity (Wildman–Crippen MR) is 89.3 cm³/mol. The molecular weight excluding hydrogens is 306 g/mol. The van der Waals surface area contributed by atoms with Crippen molar-refractivity contribution in [1.29, 1.82) is 0 Å². The molecule has 2 rings (SSSR count). The number of likely N-dealkylation sites (tertiary alicyclic amines) is 1. The monoisotopic (exact) mass is 333 g/mol. The highest BCUT2D eigenvalue weighted by molar-refractivity contribution is 8.77. The number of carbonyl (C=O) groups excluding carboxylic acids is 1. The van der Waals surface area contributed by atoms with E-state index in [1.165, 1.54) is 18.6 Å². The van der Waals surface area contributed by atoms with Gasteiger partial charge in [-0.25, -0.2) is 0 Å². The molecule has 0 aromatic heterocycles. The molecular formula is C15H27NO3S2. The molecule has 6 heteroatoms. The van der Waals surface area contributed by atoms with Crippen LogP contribution >= 0.6 is 21.6 Å². The summed E-state index contributed by atoms with van der Waals surface area (Å²) in [6.07, 6.45) is 6.76. The molecule has 0 aromatic rings. The zero-order chi connectivity index (χ0) is 15.1. The first-order valence-electron chi connectivity index (χ1n) is 7.97. The van der Waals surface area contributed by atoms with Crippen LogP contribution in [0.5, 0.6) is 0 Å². The van der Waals surface area contributed by atoms with Crippen LogP contribution in [-0.2, 0) is 4.79 Å². The summed E-state index contributed by atoms with van der Waals surface area (Å²) in [7, 11) is 3.98. The van der Waals surface area contributed by atoms with Crippen molar-refractivity contribution in [2.75, 3.05) is 32.1 Å². The Labute approximate surface area is 135 Å². The van der Waals surface area contributed by atoms with E-state index in [-0.39, 0.29) is 24.5 Å². The van der Waals surface area contributed by atoms with Gasteiger partial charge in [0.15, 0.2) is 0 Å². The third-order valence-electron chi connectivity index (χ3n) is 4.74. The lowest BCUT2D eigenvalue weighted by Crippen LogP contribution is -2.46. The maximum Gasteiger partial charge on any atom is 0.222 e. The van der Waals surface area contributed by atoms with Crippen LogP contribution in [0.4, 0.5) is 0 Å². The van der Waals surface area contributed by atoms with Gasteiger partial charge in [-0.2, -0.15) is 0 Å². The fourth-order valence-corrected chi connectivity index (χ4v) is 6.00. The average molecular weight is 334 g/mol. The van der Waals surface area contributed by atoms with Gasteiger partial charge < -0.3 is 15.1 Å². The number of aliphatic hydroxyl groups is 2. The molecule has 2 saturated heterocycles. The minimum Gasteiger partial charge on any atom is -0.396 e. The van der Waals surface area contributed by atoms with Crippen LogP contribution in [0, 0.1) is 5.41 Å². The van der Waals surface area contributed by atoms with Gasteiger partial charge in [-0.15, -0.1) is 0 Å². The van der Waals surface area contributed by atoms with Gasteiger partial charge >= 0.3 is 0 Å². The maximum atomic E-state index is 12.2. The molecule has 0 spiro atoms. The van der Waals surface area contributed by atoms with E-state index in [4.69, 9.17) is 0 Å². The lowest BCUT2D eigenvalue weighted by atomic mass is 9.80. The average Bonchev–Trinajstić information content (AvgIpc) is 3.05. The van der Waals surface area contributed by atoms with Crippen molar-refractivity contribution in [3.63, 3.8) is 0 Å². The van der Waals surface area contributed by atoms with E-state index in [9.17, 15) is 15.0 Å². The predicted octanol–water partition coefficient (Wildman–Crippen LogP) is 2.29. The highest BCUT2D eigenvalue weighted by Gasteiger charge is 2.34. The van der Waals surface area contributed by atoms with Gasteiger partial charge in [-0.1, -0.05) is 28.0 Å². The summed E-state index contributed by atoms with van der Waals surface area (Å²) >= 11 is 0. The van der Waals surface area contributed by atoms with Gasteiger partial charge in [0.25, 0.3) is 0 Å². The number of hydrogen-bond donors (Lipinski definition) is 2. The number of rotatable bonds is 7. The summed E-state index contributed by atoms with van der Waals surface area (Å²) in [5.41, 5.74) is -0.367. The smallest absolute Gasteiger partial charge is 0.222 e. The van der Waals surface area contributed by atoms with E-state index >= 15 is 0 Å². The Kier molecular flexibility index (Phi) is 7.19. The van der Waals surface area contributed by atoms with Crippen LogP contribution < -0.4 is 0 Å². The van der Waals surface area contributed by atoms with Crippen LogP contribution in [0.25, 0.3) is 0 Å². The van der Waals surface area contributed by atoms with Crippen LogP contribution in [0.15, 0.2) is 0 Å². The summed E-state index contributed by atoms with van der Waals surface area (Å²) in [6, 6.07) is 0. The molecule has 2 aliphatic rings. The lowest BCUT2D eigenvalue weighted by molar-refractivity contribution is -0.134. The van der Waals surface area contributed by atoms with Gasteiger partial charge in [0.05, 0.1) is 13.2 Å². The highest BCUT2D eigenvalue weighted by atomic mass is 33.1. The quantitative estimate of drug-likeness (QED) is 0.553. The van der Waals surface area contributed by atoms with Crippen LogP contribution in [0.3, 0.4) is 0 Å². The molecule has 21 heavy (non-hydrogen) atoms. The molecule has 2 heterocycles. The minimum absolute atomic E-state index is 0.0165. The number of amides is 1. The molecule has 2 aliphatic heterocycles. The second kappa shape index (κ2) is 8.65. The van der Waals surface area contributed by atoms with Crippen molar-refractivity contribution in [1.82, 2.24) is 4.90 Å². The third-order valence-corrected chi connectivity index (χ3v) is 7.75. The van der Waals surface area contributed by atoms with Crippen molar-refractivity contribution in [2.45, 2.75) is 50.2 Å². The zero-order valence-corrected chi connectivity index (χ0v) is 14.3. The molecule has 0 aliphatic carbocycles. The molecule has 1 unspecified atom stereocenters. The maximum absolute atomic E-state index is 12.2. The van der Waals surface area contributed by atoms with Crippen molar-refractivity contribution < 1.29 is 15.0 Å². The number of piperidine rings is 1. The summed E-state index contributed by atoms with van der Waals surface area (Å²) in [5.74, 6) is 1.52. The first-order chi connectivity index (χ1) is 10.2. The van der Waals surface area contributed by atoms with E-state index in [0.717, 1.165) is 18.1 Å². The Hall–Kier alpha value is 0.0900. The summed E-state index contributed by atoms with van der Waals surface area (Å²) in [4.78, 5) is 14.1. The molecule has 0 saturated carbocycles. The molecule has 0 aromatic carbocycles. The Bertz CT molecular complexity index is 321. The largest absolute Gasteiger partial charge is 0.396 e. The Balaban J connectivity index is 1.60. The normalized spacial score (nSPS) is 25.2. The molecule has 122 valence electrons. The molecule has 2 fully saturated rings. The molecule has 0 radical (unpaired) electrons. The molecule has 1 amide bonds. The third kappa shape index (κ3) is 5.05. The van der Waals surface area contributed by atoms with Crippen LogP contribution in [0.1, 0.15) is 44.9 Å². The van der Waals surface area contributed by atoms with Crippen LogP contribution in [0.2, 0.25) is 0 Å². The van der Waals surface area contributed by atoms with E-state index in [1.807, 2.05) is 26.5 Å². The fraction of sp³-hybridized carbons (Fsp3) is 0.933. The first kappa shape index (κ1) is 17.4. The van der Waals surface area contributed by atoms with E-state index < -0.39 is 0 Å². The molecule has 4 nitrogen and oxygen atoms in total. The first-order valence-corrected chi connectivity index (χ1v) is 10.4. The summed E-state index contributed by atoms with van der Waals surface area (Å²) in [5, 5.41) is 19.6. The highest BCUT2D eigenvalue weighted by Crippen LogP contribution is 2.40. The van der Waals surface area contributed by atoms with Crippen molar-refractivity contribution in [3.05, 3.63) is 0 Å². The van der Waals surface area contributed by atoms with Crippen molar-refractivity contribution in [3.8, 4) is 0 Å². The lowest BCUT2D eigenvalue weighted by Gasteiger charge is -2.39. The van der Waals surface area contributed by atoms with Gasteiger partial charge in [-0.3, -0.25) is 4.79 Å². The summed E-state index contributed by atoms with van der Waals surface area (Å²) in [6.45, 7) is 1.38. The van der Waals surface area contributed by atoms with E-state index in [0.29, 0.717) is 32.4 Å². The number of nitrogens with zero attached hydrogens (tertiary/aromatic N) is 1. The Morgan fingerprint density at radius 3 is 2.48 bits per heavy atom. The number of unbranched alkanes of at least 4 members (excludes halogenated alkanes) is 1. The van der Waals surface area contributed by atoms with Crippen molar-refractivity contribution >= 4 is 27.5 Å². The van der Waals surface area contributed by atoms with E-state index in [1.54, 1.807) is 0 Å². The molecule has 0 bridgehead atoms.